The van der Waals surface area contributed by atoms with Crippen LogP contribution in [0.3, 0.4) is 0 Å². The fraction of sp³-hybridized carbons (Fsp3) is 0.273. The van der Waals surface area contributed by atoms with Crippen LogP contribution < -0.4 is 10.5 Å². The van der Waals surface area contributed by atoms with Crippen LogP contribution in [0.2, 0.25) is 0 Å². The van der Waals surface area contributed by atoms with Gasteiger partial charge >= 0.3 is 5.97 Å². The minimum atomic E-state index is -1.08. The number of hydrogen-bond acceptors (Lipinski definition) is 3. The van der Waals surface area contributed by atoms with Crippen LogP contribution in [0.15, 0.2) is 15.0 Å². The Balaban J connectivity index is 3.32. The summed E-state index contributed by atoms with van der Waals surface area (Å²) >= 11 is 6.48. The molecule has 0 radical (unpaired) electrons. The second-order valence-electron chi connectivity index (χ2n) is 3.45. The molecule has 0 aliphatic heterocycles. The Morgan fingerprint density at radius 1 is 1.39 bits per heavy atom. The summed E-state index contributed by atoms with van der Waals surface area (Å²) in [5, 5.41) is 9.09. The fourth-order valence-electron chi connectivity index (χ4n) is 1.35. The summed E-state index contributed by atoms with van der Waals surface area (Å²) in [5.74, 6) is -1.44. The first kappa shape index (κ1) is 15.0. The number of carbonyl (C=O) groups excluding carboxylic acids is 1. The molecule has 3 N–H and O–H groups in total. The zero-order chi connectivity index (χ0) is 13.9. The van der Waals surface area contributed by atoms with Crippen LogP contribution in [-0.4, -0.2) is 23.6 Å². The summed E-state index contributed by atoms with van der Waals surface area (Å²) in [6.07, 6.45) is 0.626. The van der Waals surface area contributed by atoms with Gasteiger partial charge in [0.2, 0.25) is 0 Å². The van der Waals surface area contributed by atoms with Crippen molar-refractivity contribution in [2.24, 2.45) is 5.73 Å². The largest absolute Gasteiger partial charge is 0.481 e. The van der Waals surface area contributed by atoms with Gasteiger partial charge in [0.1, 0.15) is 5.75 Å². The highest BCUT2D eigenvalue weighted by atomic mass is 79.9. The summed E-state index contributed by atoms with van der Waals surface area (Å²) in [6, 6.07) is 1.55. The van der Waals surface area contributed by atoms with E-state index in [0.29, 0.717) is 10.9 Å². The maximum absolute atomic E-state index is 11.1. The monoisotopic (exact) mass is 379 g/mol. The van der Waals surface area contributed by atoms with Gasteiger partial charge in [0, 0.05) is 0 Å². The molecule has 0 spiro atoms. The van der Waals surface area contributed by atoms with E-state index in [1.807, 2.05) is 6.92 Å². The number of carbonyl (C=O) groups is 2. The van der Waals surface area contributed by atoms with Crippen LogP contribution in [0.4, 0.5) is 0 Å². The van der Waals surface area contributed by atoms with Gasteiger partial charge in [-0.05, 0) is 49.9 Å². The van der Waals surface area contributed by atoms with Crippen LogP contribution in [-0.2, 0) is 11.2 Å². The number of halogens is 2. The Morgan fingerprint density at radius 3 is 2.44 bits per heavy atom. The Labute approximate surface area is 121 Å². The average molecular weight is 381 g/mol. The van der Waals surface area contributed by atoms with Gasteiger partial charge in [-0.3, -0.25) is 4.79 Å². The number of carboxylic acid groups (broad SMARTS) is 1. The summed E-state index contributed by atoms with van der Waals surface area (Å²) in [7, 11) is 0. The molecule has 0 fully saturated rings. The lowest BCUT2D eigenvalue weighted by Crippen LogP contribution is -2.20. The average Bonchev–Trinajstić information content (AvgIpc) is 2.28. The third-order valence-electron chi connectivity index (χ3n) is 2.21. The number of carboxylic acids is 1. The van der Waals surface area contributed by atoms with E-state index >= 15 is 0 Å². The van der Waals surface area contributed by atoms with Crippen molar-refractivity contribution in [1.29, 1.82) is 0 Å². The molecule has 0 atom stereocenters. The lowest BCUT2D eigenvalue weighted by molar-refractivity contribution is -0.119. The van der Waals surface area contributed by atoms with Gasteiger partial charge in [0.25, 0.3) is 5.91 Å². The molecule has 0 heterocycles. The van der Waals surface area contributed by atoms with Crippen molar-refractivity contribution in [2.75, 3.05) is 6.61 Å². The normalized spacial score (nSPS) is 10.2. The molecule has 0 saturated heterocycles. The smallest absolute Gasteiger partial charge is 0.336 e. The van der Waals surface area contributed by atoms with Crippen molar-refractivity contribution >= 4 is 43.7 Å². The number of ether oxygens (including phenoxy) is 1. The lowest BCUT2D eigenvalue weighted by atomic mass is 10.1. The molecule has 18 heavy (non-hydrogen) atoms. The van der Waals surface area contributed by atoms with Gasteiger partial charge < -0.3 is 15.6 Å². The van der Waals surface area contributed by atoms with Gasteiger partial charge in [-0.25, -0.2) is 4.79 Å². The highest BCUT2D eigenvalue weighted by molar-refractivity contribution is 9.11. The van der Waals surface area contributed by atoms with E-state index in [1.165, 1.54) is 0 Å². The molecule has 1 aromatic rings. The van der Waals surface area contributed by atoms with Crippen LogP contribution in [0.5, 0.6) is 5.75 Å². The molecular weight excluding hydrogens is 370 g/mol. The Morgan fingerprint density at radius 2 is 2.00 bits per heavy atom. The molecule has 0 aromatic heterocycles. The molecule has 0 bridgehead atoms. The second-order valence-corrected chi connectivity index (χ2v) is 5.04. The number of hydrogen-bond donors (Lipinski definition) is 2. The van der Waals surface area contributed by atoms with E-state index in [-0.39, 0.29) is 22.4 Å². The number of primary amides is 1. The van der Waals surface area contributed by atoms with Gasteiger partial charge in [0.15, 0.2) is 6.61 Å². The minimum absolute atomic E-state index is 0.0783. The van der Waals surface area contributed by atoms with Crippen LogP contribution in [0, 0.1) is 0 Å². The third kappa shape index (κ3) is 3.23. The number of aryl methyl sites for hydroxylation is 1. The van der Waals surface area contributed by atoms with Crippen LogP contribution in [0.25, 0.3) is 0 Å². The number of amides is 1. The summed E-state index contributed by atoms with van der Waals surface area (Å²) < 4.78 is 6.12. The Kier molecular flexibility index (Phi) is 5.15. The van der Waals surface area contributed by atoms with Crippen LogP contribution >= 0.6 is 31.9 Å². The van der Waals surface area contributed by atoms with Gasteiger partial charge in [-0.1, -0.05) is 6.92 Å². The maximum atomic E-state index is 11.1. The van der Waals surface area contributed by atoms with Crippen molar-refractivity contribution in [3.8, 4) is 5.75 Å². The van der Waals surface area contributed by atoms with Crippen molar-refractivity contribution in [3.05, 3.63) is 26.1 Å². The molecule has 0 saturated carbocycles. The SMILES string of the molecule is CCc1cc(C(=O)O)c(Br)c(OCC(N)=O)c1Br. The van der Waals surface area contributed by atoms with Crippen molar-refractivity contribution < 1.29 is 19.4 Å². The van der Waals surface area contributed by atoms with Gasteiger partial charge in [-0.15, -0.1) is 0 Å². The highest BCUT2D eigenvalue weighted by Gasteiger charge is 2.19. The summed E-state index contributed by atoms with van der Waals surface area (Å²) in [6.45, 7) is 1.57. The van der Waals surface area contributed by atoms with Gasteiger partial charge in [-0.2, -0.15) is 0 Å². The highest BCUT2D eigenvalue weighted by Crippen LogP contribution is 2.39. The molecule has 1 amide bonds. The first-order chi connectivity index (χ1) is 8.38. The quantitative estimate of drug-likeness (QED) is 0.820. The zero-order valence-electron chi connectivity index (χ0n) is 9.50. The van der Waals surface area contributed by atoms with E-state index < -0.39 is 11.9 Å². The number of benzene rings is 1. The second kappa shape index (κ2) is 6.19. The third-order valence-corrected chi connectivity index (χ3v) is 3.86. The van der Waals surface area contributed by atoms with Crippen molar-refractivity contribution in [1.82, 2.24) is 0 Å². The first-order valence-electron chi connectivity index (χ1n) is 5.03. The number of nitrogens with two attached hydrogens (primary N) is 1. The van der Waals surface area contributed by atoms with E-state index in [9.17, 15) is 9.59 Å². The summed E-state index contributed by atoms with van der Waals surface area (Å²) in [4.78, 5) is 21.8. The maximum Gasteiger partial charge on any atom is 0.336 e. The molecule has 0 aliphatic rings. The zero-order valence-corrected chi connectivity index (χ0v) is 12.7. The van der Waals surface area contributed by atoms with E-state index in [1.54, 1.807) is 6.07 Å². The fourth-order valence-corrected chi connectivity index (χ4v) is 2.92. The molecule has 1 aromatic carbocycles. The Hall–Kier alpha value is -1.08. The predicted molar refractivity (Wildman–Crippen MR) is 72.9 cm³/mol. The molecule has 98 valence electrons. The predicted octanol–water partition coefficient (Wildman–Crippen LogP) is 2.34. The van der Waals surface area contributed by atoms with E-state index in [0.717, 1.165) is 5.56 Å². The molecule has 0 aliphatic carbocycles. The number of rotatable bonds is 5. The van der Waals surface area contributed by atoms with E-state index in [4.69, 9.17) is 15.6 Å². The number of aromatic carboxylic acids is 1. The molecular formula is C11H11Br2NO4. The first-order valence-corrected chi connectivity index (χ1v) is 6.62. The summed E-state index contributed by atoms with van der Waals surface area (Å²) in [5.41, 5.74) is 5.85. The van der Waals surface area contributed by atoms with E-state index in [2.05, 4.69) is 31.9 Å². The molecule has 0 unspecified atom stereocenters. The van der Waals surface area contributed by atoms with Crippen molar-refractivity contribution in [3.63, 3.8) is 0 Å². The standard InChI is InChI=1S/C11H11Br2NO4/c1-2-5-3-6(11(16)17)9(13)10(8(5)12)18-4-7(14)15/h3H,2,4H2,1H3,(H2,14,15)(H,16,17). The molecule has 7 heteroatoms. The Bertz CT molecular complexity index is 502. The van der Waals surface area contributed by atoms with Gasteiger partial charge in [0.05, 0.1) is 14.5 Å². The van der Waals surface area contributed by atoms with Crippen LogP contribution in [0.1, 0.15) is 22.8 Å². The minimum Gasteiger partial charge on any atom is -0.481 e. The molecule has 1 rings (SSSR count). The topological polar surface area (TPSA) is 89.6 Å². The van der Waals surface area contributed by atoms with Crippen molar-refractivity contribution in [2.45, 2.75) is 13.3 Å². The lowest BCUT2D eigenvalue weighted by Gasteiger charge is -2.14. The molecule has 5 nitrogen and oxygen atoms in total.